The van der Waals surface area contributed by atoms with Crippen LogP contribution in [-0.4, -0.2) is 21.7 Å². The average Bonchev–Trinajstić information content (AvgIpc) is 1.96. The zero-order valence-electron chi connectivity index (χ0n) is 10.3. The van der Waals surface area contributed by atoms with Crippen LogP contribution in [0.3, 0.4) is 0 Å². The number of carboxylic acids is 1. The van der Waals surface area contributed by atoms with Gasteiger partial charge in [-0.15, -0.1) is 0 Å². The van der Waals surface area contributed by atoms with Gasteiger partial charge in [0.25, 0.3) is 0 Å². The number of nitrogens with zero attached hydrogens (tertiary/aromatic N) is 1. The number of hydrogen-bond donors (Lipinski definition) is 1. The number of aromatic nitrogens is 1. The molecule has 4 heteroatoms. The van der Waals surface area contributed by atoms with Crippen LogP contribution in [0.1, 0.15) is 42.4 Å². The molecule has 1 N–H and O–H groups in total. The molecule has 0 atom stereocenters. The summed E-state index contributed by atoms with van der Waals surface area (Å²) in [5.41, 5.74) is 1.10. The Bertz CT molecular complexity index is 419. The van der Waals surface area contributed by atoms with Gasteiger partial charge in [-0.3, -0.25) is 0 Å². The molecule has 0 bridgehead atoms. The molecule has 0 aliphatic heterocycles. The van der Waals surface area contributed by atoms with Crippen LogP contribution in [0, 0.1) is 13.8 Å². The molecule has 0 amide bonds. The van der Waals surface area contributed by atoms with Crippen molar-refractivity contribution in [3.63, 3.8) is 0 Å². The number of carbonyl (C=O) groups is 1. The highest BCUT2D eigenvalue weighted by Crippen LogP contribution is 2.24. The van der Waals surface area contributed by atoms with Gasteiger partial charge in [-0.25, -0.2) is 9.78 Å². The summed E-state index contributed by atoms with van der Waals surface area (Å²) in [5.74, 6) is -0.818. The topological polar surface area (TPSA) is 59.4 Å². The molecule has 0 saturated heterocycles. The maximum atomic E-state index is 11.1. The standard InChI is InChI=1S/C12H17NO3/c1-7-6-8(2)13-10(9(7)11(14)15)16-12(3,4)5/h6H,1-5H3,(H,14,15). The Morgan fingerprint density at radius 2 is 1.94 bits per heavy atom. The lowest BCUT2D eigenvalue weighted by molar-refractivity contribution is 0.0676. The van der Waals surface area contributed by atoms with Crippen molar-refractivity contribution in [2.45, 2.75) is 40.2 Å². The summed E-state index contributed by atoms with van der Waals surface area (Å²) >= 11 is 0. The van der Waals surface area contributed by atoms with Gasteiger partial charge in [0.15, 0.2) is 0 Å². The van der Waals surface area contributed by atoms with E-state index in [1.807, 2.05) is 27.7 Å². The minimum absolute atomic E-state index is 0.139. The monoisotopic (exact) mass is 223 g/mol. The molecule has 0 aliphatic carbocycles. The van der Waals surface area contributed by atoms with Crippen LogP contribution < -0.4 is 4.74 Å². The lowest BCUT2D eigenvalue weighted by Gasteiger charge is -2.22. The number of aryl methyl sites for hydroxylation is 2. The largest absolute Gasteiger partial charge is 0.477 e. The number of ether oxygens (including phenoxy) is 1. The van der Waals surface area contributed by atoms with E-state index in [2.05, 4.69) is 4.98 Å². The lowest BCUT2D eigenvalue weighted by atomic mass is 10.1. The van der Waals surface area contributed by atoms with Gasteiger partial charge in [-0.1, -0.05) is 0 Å². The van der Waals surface area contributed by atoms with E-state index in [-0.39, 0.29) is 11.4 Å². The van der Waals surface area contributed by atoms with Crippen LogP contribution in [-0.2, 0) is 0 Å². The van der Waals surface area contributed by atoms with E-state index in [0.717, 1.165) is 5.69 Å². The summed E-state index contributed by atoms with van der Waals surface area (Å²) in [5, 5.41) is 9.11. The predicted molar refractivity (Wildman–Crippen MR) is 61.1 cm³/mol. The molecule has 88 valence electrons. The van der Waals surface area contributed by atoms with Crippen molar-refractivity contribution >= 4 is 5.97 Å². The van der Waals surface area contributed by atoms with Gasteiger partial charge in [0, 0.05) is 5.69 Å². The Labute approximate surface area is 95.3 Å². The van der Waals surface area contributed by atoms with E-state index in [1.165, 1.54) is 0 Å². The number of rotatable bonds is 2. The molecule has 16 heavy (non-hydrogen) atoms. The third kappa shape index (κ3) is 2.95. The van der Waals surface area contributed by atoms with E-state index < -0.39 is 11.6 Å². The fourth-order valence-electron chi connectivity index (χ4n) is 1.43. The smallest absolute Gasteiger partial charge is 0.341 e. The highest BCUT2D eigenvalue weighted by atomic mass is 16.5. The first-order valence-corrected chi connectivity index (χ1v) is 5.11. The van der Waals surface area contributed by atoms with Gasteiger partial charge < -0.3 is 9.84 Å². The molecule has 0 unspecified atom stereocenters. The summed E-state index contributed by atoms with van der Waals surface area (Å²) in [7, 11) is 0. The first-order chi connectivity index (χ1) is 7.20. The molecule has 0 aliphatic rings. The molecule has 4 nitrogen and oxygen atoms in total. The molecule has 0 spiro atoms. The Morgan fingerprint density at radius 1 is 1.38 bits per heavy atom. The second kappa shape index (κ2) is 4.12. The van der Waals surface area contributed by atoms with E-state index in [1.54, 1.807) is 13.0 Å². The first-order valence-electron chi connectivity index (χ1n) is 5.11. The van der Waals surface area contributed by atoms with Crippen LogP contribution in [0.15, 0.2) is 6.07 Å². The molecule has 1 rings (SSSR count). The first kappa shape index (κ1) is 12.5. The molecule has 1 heterocycles. The maximum absolute atomic E-state index is 11.1. The van der Waals surface area contributed by atoms with Crippen LogP contribution in [0.25, 0.3) is 0 Å². The van der Waals surface area contributed by atoms with E-state index in [9.17, 15) is 4.79 Å². The fraction of sp³-hybridized carbons (Fsp3) is 0.500. The number of carboxylic acid groups (broad SMARTS) is 1. The molecule has 1 aromatic rings. The minimum Gasteiger partial charge on any atom is -0.477 e. The van der Waals surface area contributed by atoms with Crippen molar-refractivity contribution in [2.24, 2.45) is 0 Å². The highest BCUT2D eigenvalue weighted by molar-refractivity contribution is 5.91. The normalized spacial score (nSPS) is 11.3. The van der Waals surface area contributed by atoms with Crippen molar-refractivity contribution in [2.75, 3.05) is 0 Å². The van der Waals surface area contributed by atoms with Gasteiger partial charge in [-0.2, -0.15) is 0 Å². The quantitative estimate of drug-likeness (QED) is 0.837. The van der Waals surface area contributed by atoms with Crippen molar-refractivity contribution in [3.05, 3.63) is 22.9 Å². The lowest BCUT2D eigenvalue weighted by Crippen LogP contribution is -2.25. The van der Waals surface area contributed by atoms with Gasteiger partial charge in [-0.05, 0) is 46.2 Å². The van der Waals surface area contributed by atoms with Crippen LogP contribution >= 0.6 is 0 Å². The predicted octanol–water partition coefficient (Wildman–Crippen LogP) is 2.57. The third-order valence-electron chi connectivity index (χ3n) is 1.93. The SMILES string of the molecule is Cc1cc(C)c(C(=O)O)c(OC(C)(C)C)n1. The Morgan fingerprint density at radius 3 is 2.38 bits per heavy atom. The van der Waals surface area contributed by atoms with Gasteiger partial charge >= 0.3 is 5.97 Å². The Kier molecular flexibility index (Phi) is 3.21. The summed E-state index contributed by atoms with van der Waals surface area (Å²) in [6.45, 7) is 9.13. The molecule has 1 aromatic heterocycles. The van der Waals surface area contributed by atoms with Gasteiger partial charge in [0.1, 0.15) is 11.2 Å². The minimum atomic E-state index is -1.01. The van der Waals surface area contributed by atoms with E-state index >= 15 is 0 Å². The van der Waals surface area contributed by atoms with Crippen LogP contribution in [0.4, 0.5) is 0 Å². The second-order valence-corrected chi connectivity index (χ2v) is 4.78. The number of aromatic carboxylic acids is 1. The molecule has 0 aromatic carbocycles. The summed E-state index contributed by atoms with van der Waals surface area (Å²) in [6.07, 6.45) is 0. The van der Waals surface area contributed by atoms with Crippen LogP contribution in [0.2, 0.25) is 0 Å². The maximum Gasteiger partial charge on any atom is 0.341 e. The summed E-state index contributed by atoms with van der Waals surface area (Å²) in [4.78, 5) is 15.3. The van der Waals surface area contributed by atoms with E-state index in [4.69, 9.17) is 9.84 Å². The Hall–Kier alpha value is -1.58. The van der Waals surface area contributed by atoms with Gasteiger partial charge in [0.2, 0.25) is 5.88 Å². The highest BCUT2D eigenvalue weighted by Gasteiger charge is 2.21. The summed E-state index contributed by atoms with van der Waals surface area (Å²) < 4.78 is 5.56. The molecule has 0 fully saturated rings. The van der Waals surface area contributed by atoms with E-state index in [0.29, 0.717) is 5.56 Å². The van der Waals surface area contributed by atoms with Gasteiger partial charge in [0.05, 0.1) is 0 Å². The van der Waals surface area contributed by atoms with Crippen LogP contribution in [0.5, 0.6) is 5.88 Å². The number of hydrogen-bond acceptors (Lipinski definition) is 3. The summed E-state index contributed by atoms with van der Waals surface area (Å²) in [6, 6.07) is 1.74. The van der Waals surface area contributed by atoms with Crippen molar-refractivity contribution in [1.82, 2.24) is 4.98 Å². The fourth-order valence-corrected chi connectivity index (χ4v) is 1.43. The van der Waals surface area contributed by atoms with Crippen molar-refractivity contribution in [3.8, 4) is 5.88 Å². The van der Waals surface area contributed by atoms with Crippen molar-refractivity contribution in [1.29, 1.82) is 0 Å². The van der Waals surface area contributed by atoms with Crippen molar-refractivity contribution < 1.29 is 14.6 Å². The number of pyridine rings is 1. The molecular formula is C12H17NO3. The third-order valence-corrected chi connectivity index (χ3v) is 1.93. The second-order valence-electron chi connectivity index (χ2n) is 4.78. The zero-order valence-corrected chi connectivity index (χ0v) is 10.3. The average molecular weight is 223 g/mol. The molecule has 0 saturated carbocycles. The molecular weight excluding hydrogens is 206 g/mol. The Balaban J connectivity index is 3.30. The zero-order chi connectivity index (χ0) is 12.5. The molecule has 0 radical (unpaired) electrons.